The van der Waals surface area contributed by atoms with Crippen molar-refractivity contribution in [1.82, 2.24) is 5.32 Å². The number of thiophene rings is 1. The van der Waals surface area contributed by atoms with E-state index in [9.17, 15) is 0 Å². The van der Waals surface area contributed by atoms with Crippen molar-refractivity contribution in [3.63, 3.8) is 0 Å². The van der Waals surface area contributed by atoms with E-state index in [-0.39, 0.29) is 0 Å². The molecular formula is C17H23NS. The van der Waals surface area contributed by atoms with Crippen LogP contribution in [-0.2, 0) is 0 Å². The highest BCUT2D eigenvalue weighted by atomic mass is 32.1. The number of rotatable bonds is 4. The summed E-state index contributed by atoms with van der Waals surface area (Å²) in [6.07, 6.45) is 8.48. The molecule has 1 aliphatic carbocycles. The molecule has 1 atom stereocenters. The fourth-order valence-electron chi connectivity index (χ4n) is 3.42. The van der Waals surface area contributed by atoms with E-state index in [1.165, 1.54) is 54.2 Å². The molecule has 0 spiro atoms. The normalized spacial score (nSPS) is 18.8. The molecule has 1 N–H and O–H groups in total. The Kier molecular flexibility index (Phi) is 4.19. The topological polar surface area (TPSA) is 12.0 Å². The van der Waals surface area contributed by atoms with Gasteiger partial charge in [0.1, 0.15) is 0 Å². The third-order valence-electron chi connectivity index (χ3n) is 4.53. The molecule has 1 fully saturated rings. The predicted octanol–water partition coefficient (Wildman–Crippen LogP) is 5.13. The minimum atomic E-state index is 0.527. The lowest BCUT2D eigenvalue weighted by Crippen LogP contribution is -2.20. The van der Waals surface area contributed by atoms with Gasteiger partial charge in [0.15, 0.2) is 0 Å². The number of hydrogen-bond donors (Lipinski definition) is 1. The molecule has 1 aliphatic rings. The molecule has 102 valence electrons. The molecule has 1 saturated carbocycles. The molecule has 1 aromatic heterocycles. The van der Waals surface area contributed by atoms with E-state index in [1.807, 2.05) is 11.3 Å². The van der Waals surface area contributed by atoms with Crippen LogP contribution in [0.3, 0.4) is 0 Å². The van der Waals surface area contributed by atoms with Crippen molar-refractivity contribution in [1.29, 1.82) is 0 Å². The summed E-state index contributed by atoms with van der Waals surface area (Å²) < 4.78 is 1.42. The first-order chi connectivity index (χ1) is 9.38. The fraction of sp³-hybridized carbons (Fsp3) is 0.529. The average molecular weight is 273 g/mol. The van der Waals surface area contributed by atoms with Crippen LogP contribution in [0.25, 0.3) is 10.1 Å². The quantitative estimate of drug-likeness (QED) is 0.814. The van der Waals surface area contributed by atoms with Gasteiger partial charge < -0.3 is 5.32 Å². The lowest BCUT2D eigenvalue weighted by molar-refractivity contribution is 0.306. The first-order valence-electron chi connectivity index (χ1n) is 7.52. The second-order valence-corrected chi connectivity index (χ2v) is 6.68. The van der Waals surface area contributed by atoms with Crippen LogP contribution in [0.2, 0.25) is 0 Å². The Hall–Kier alpha value is -0.860. The molecule has 2 heteroatoms. The van der Waals surface area contributed by atoms with Gasteiger partial charge in [0.25, 0.3) is 0 Å². The van der Waals surface area contributed by atoms with Crippen LogP contribution >= 0.6 is 11.3 Å². The smallest absolute Gasteiger partial charge is 0.0346 e. The monoisotopic (exact) mass is 273 g/mol. The van der Waals surface area contributed by atoms with Crippen molar-refractivity contribution in [3.8, 4) is 0 Å². The van der Waals surface area contributed by atoms with Crippen molar-refractivity contribution in [3.05, 3.63) is 35.2 Å². The van der Waals surface area contributed by atoms with Gasteiger partial charge in [0.2, 0.25) is 0 Å². The van der Waals surface area contributed by atoms with Crippen LogP contribution in [0.4, 0.5) is 0 Å². The predicted molar refractivity (Wildman–Crippen MR) is 84.8 cm³/mol. The van der Waals surface area contributed by atoms with Gasteiger partial charge in [-0.15, -0.1) is 11.3 Å². The lowest BCUT2D eigenvalue weighted by atomic mass is 9.83. The van der Waals surface area contributed by atoms with E-state index in [1.54, 1.807) is 0 Å². The van der Waals surface area contributed by atoms with Crippen molar-refractivity contribution in [2.45, 2.75) is 44.6 Å². The molecule has 0 radical (unpaired) electrons. The summed E-state index contributed by atoms with van der Waals surface area (Å²) in [6, 6.07) is 9.33. The van der Waals surface area contributed by atoms with Crippen LogP contribution in [0.5, 0.6) is 0 Å². The highest BCUT2D eigenvalue weighted by molar-refractivity contribution is 7.17. The maximum Gasteiger partial charge on any atom is 0.0346 e. The highest BCUT2D eigenvalue weighted by Gasteiger charge is 2.21. The molecule has 3 rings (SSSR count). The molecule has 1 aromatic carbocycles. The van der Waals surface area contributed by atoms with E-state index < -0.39 is 0 Å². The summed E-state index contributed by atoms with van der Waals surface area (Å²) in [4.78, 5) is 0. The van der Waals surface area contributed by atoms with Crippen molar-refractivity contribution in [2.24, 2.45) is 5.92 Å². The molecule has 2 aromatic rings. The van der Waals surface area contributed by atoms with Crippen molar-refractivity contribution < 1.29 is 0 Å². The van der Waals surface area contributed by atoms with Gasteiger partial charge in [-0.2, -0.15) is 0 Å². The number of hydrogen-bond acceptors (Lipinski definition) is 2. The standard InChI is InChI=1S/C17H23NS/c1-18-16(11-13-7-3-2-4-8-13)15-12-19-17-10-6-5-9-14(15)17/h5-6,9-10,12-13,16,18H,2-4,7-8,11H2,1H3. The first-order valence-corrected chi connectivity index (χ1v) is 8.40. The first kappa shape index (κ1) is 13.1. The second-order valence-electron chi connectivity index (χ2n) is 5.77. The Bertz CT molecular complexity index is 525. The Balaban J connectivity index is 1.81. The van der Waals surface area contributed by atoms with Gasteiger partial charge in [0.05, 0.1) is 0 Å². The van der Waals surface area contributed by atoms with E-state index in [4.69, 9.17) is 0 Å². The number of benzene rings is 1. The average Bonchev–Trinajstić information content (AvgIpc) is 2.90. The summed E-state index contributed by atoms with van der Waals surface area (Å²) in [5, 5.41) is 7.35. The summed E-state index contributed by atoms with van der Waals surface area (Å²) in [5.41, 5.74) is 1.51. The van der Waals surface area contributed by atoms with Crippen LogP contribution < -0.4 is 5.32 Å². The summed E-state index contributed by atoms with van der Waals surface area (Å²) in [6.45, 7) is 0. The van der Waals surface area contributed by atoms with Crippen LogP contribution in [0.15, 0.2) is 29.6 Å². The number of nitrogens with one attached hydrogen (secondary N) is 1. The largest absolute Gasteiger partial charge is 0.313 e. The van der Waals surface area contributed by atoms with Crippen LogP contribution in [0, 0.1) is 5.92 Å². The van der Waals surface area contributed by atoms with Gasteiger partial charge in [-0.25, -0.2) is 0 Å². The third-order valence-corrected chi connectivity index (χ3v) is 5.51. The second kappa shape index (κ2) is 6.06. The van der Waals surface area contributed by atoms with Gasteiger partial charge in [0, 0.05) is 10.7 Å². The van der Waals surface area contributed by atoms with E-state index in [0.717, 1.165) is 5.92 Å². The Morgan fingerprint density at radius 1 is 1.21 bits per heavy atom. The fourth-order valence-corrected chi connectivity index (χ4v) is 4.44. The zero-order valence-corrected chi connectivity index (χ0v) is 12.5. The van der Waals surface area contributed by atoms with Crippen molar-refractivity contribution in [2.75, 3.05) is 7.05 Å². The van der Waals surface area contributed by atoms with Crippen LogP contribution in [-0.4, -0.2) is 7.05 Å². The van der Waals surface area contributed by atoms with Gasteiger partial charge >= 0.3 is 0 Å². The Labute approximate surface area is 120 Å². The summed E-state index contributed by atoms with van der Waals surface area (Å²) in [5.74, 6) is 0.921. The van der Waals surface area contributed by atoms with E-state index in [2.05, 4.69) is 42.0 Å². The SMILES string of the molecule is CNC(CC1CCCCC1)c1csc2ccccc12. The molecule has 0 bridgehead atoms. The van der Waals surface area contributed by atoms with Crippen molar-refractivity contribution >= 4 is 21.4 Å². The number of fused-ring (bicyclic) bond motifs is 1. The Morgan fingerprint density at radius 3 is 2.79 bits per heavy atom. The Morgan fingerprint density at radius 2 is 2.00 bits per heavy atom. The molecule has 1 unspecified atom stereocenters. The minimum absolute atomic E-state index is 0.527. The zero-order valence-electron chi connectivity index (χ0n) is 11.7. The molecule has 0 saturated heterocycles. The summed E-state index contributed by atoms with van der Waals surface area (Å²) in [7, 11) is 2.11. The van der Waals surface area contributed by atoms with Gasteiger partial charge in [-0.3, -0.25) is 0 Å². The minimum Gasteiger partial charge on any atom is -0.313 e. The molecule has 0 amide bonds. The van der Waals surface area contributed by atoms with Crippen LogP contribution in [0.1, 0.15) is 50.1 Å². The highest BCUT2D eigenvalue weighted by Crippen LogP contribution is 2.36. The van der Waals surface area contributed by atoms with E-state index >= 15 is 0 Å². The zero-order chi connectivity index (χ0) is 13.1. The van der Waals surface area contributed by atoms with Gasteiger partial charge in [-0.1, -0.05) is 50.3 Å². The molecule has 19 heavy (non-hydrogen) atoms. The van der Waals surface area contributed by atoms with Gasteiger partial charge in [-0.05, 0) is 41.8 Å². The summed E-state index contributed by atoms with van der Waals surface area (Å²) >= 11 is 1.88. The molecule has 1 heterocycles. The molecular weight excluding hydrogens is 250 g/mol. The lowest BCUT2D eigenvalue weighted by Gasteiger charge is -2.26. The maximum atomic E-state index is 3.55. The molecule has 1 nitrogen and oxygen atoms in total. The van der Waals surface area contributed by atoms with E-state index in [0.29, 0.717) is 6.04 Å². The molecule has 0 aliphatic heterocycles. The maximum absolute atomic E-state index is 3.55. The third kappa shape index (κ3) is 2.85.